The fourth-order valence-corrected chi connectivity index (χ4v) is 5.46. The van der Waals surface area contributed by atoms with Gasteiger partial charge < -0.3 is 20.9 Å². The van der Waals surface area contributed by atoms with Crippen LogP contribution < -0.4 is 20.9 Å². The second-order valence-corrected chi connectivity index (χ2v) is 12.7. The molecule has 3 N–H and O–H groups in total. The Morgan fingerprint density at radius 1 is 0.939 bits per heavy atom. The number of rotatable bonds is 10. The molecule has 1 aromatic heterocycles. The first-order valence-electron chi connectivity index (χ1n) is 12.1. The van der Waals surface area contributed by atoms with Gasteiger partial charge in [0.15, 0.2) is 0 Å². The minimum Gasteiger partial charge on any atom is -0.351 e. The molecule has 1 aliphatic rings. The van der Waals surface area contributed by atoms with Crippen molar-refractivity contribution >= 4 is 17.8 Å². The van der Waals surface area contributed by atoms with E-state index in [1.807, 2.05) is 17.1 Å². The molecule has 0 amide bonds. The lowest BCUT2D eigenvalue weighted by molar-refractivity contribution is 0.170. The molecular formula is C26H47N7. The lowest BCUT2D eigenvalue weighted by Gasteiger charge is -2.46. The summed E-state index contributed by atoms with van der Waals surface area (Å²) in [7, 11) is 0. The second-order valence-electron chi connectivity index (χ2n) is 12.7. The summed E-state index contributed by atoms with van der Waals surface area (Å²) in [6, 6.07) is 0.259. The van der Waals surface area contributed by atoms with E-state index in [4.69, 9.17) is 15.0 Å². The van der Waals surface area contributed by atoms with Crippen molar-refractivity contribution in [3.63, 3.8) is 0 Å². The van der Waals surface area contributed by atoms with Crippen molar-refractivity contribution in [3.05, 3.63) is 25.3 Å². The second kappa shape index (κ2) is 10.00. The Hall–Kier alpha value is -2.15. The Morgan fingerprint density at radius 2 is 1.45 bits per heavy atom. The van der Waals surface area contributed by atoms with Crippen LogP contribution in [0, 0.1) is 5.41 Å². The van der Waals surface area contributed by atoms with E-state index in [9.17, 15) is 0 Å². The van der Waals surface area contributed by atoms with Gasteiger partial charge in [-0.3, -0.25) is 0 Å². The van der Waals surface area contributed by atoms with Crippen LogP contribution in [0.2, 0.25) is 0 Å². The third kappa shape index (κ3) is 8.95. The first kappa shape index (κ1) is 27.1. The van der Waals surface area contributed by atoms with Crippen LogP contribution in [0.25, 0.3) is 0 Å². The summed E-state index contributed by atoms with van der Waals surface area (Å²) in [6.07, 6.45) is 6.66. The molecular weight excluding hydrogens is 410 g/mol. The first-order valence-corrected chi connectivity index (χ1v) is 12.1. The summed E-state index contributed by atoms with van der Waals surface area (Å²) in [5, 5.41) is 10.9. The summed E-state index contributed by atoms with van der Waals surface area (Å²) in [5.41, 5.74) is 0.0670. The monoisotopic (exact) mass is 457 g/mol. The van der Waals surface area contributed by atoms with Gasteiger partial charge in [-0.25, -0.2) is 0 Å². The average molecular weight is 458 g/mol. The summed E-state index contributed by atoms with van der Waals surface area (Å²) < 4.78 is 0. The van der Waals surface area contributed by atoms with E-state index in [0.717, 1.165) is 19.3 Å². The highest BCUT2D eigenvalue weighted by molar-refractivity contribution is 5.46. The van der Waals surface area contributed by atoms with Crippen molar-refractivity contribution in [2.45, 2.75) is 104 Å². The smallest absolute Gasteiger partial charge is 0.232 e. The lowest BCUT2D eigenvalue weighted by atomic mass is 9.80. The number of nitrogens with zero attached hydrogens (tertiary/aromatic N) is 4. The Labute approximate surface area is 202 Å². The number of piperidine rings is 1. The van der Waals surface area contributed by atoms with Crippen LogP contribution in [-0.2, 0) is 0 Å². The van der Waals surface area contributed by atoms with E-state index in [2.05, 4.69) is 91.4 Å². The third-order valence-electron chi connectivity index (χ3n) is 5.55. The number of anilines is 3. The SMILES string of the molecule is C=CCN(CC=C)c1nc(NC2CC(C)(C)NC(C)(C)C2)nc(NC(C)(C)CC(C)(C)C)n1. The fraction of sp³-hybridized carbons (Fsp3) is 0.731. The van der Waals surface area contributed by atoms with Crippen molar-refractivity contribution in [3.8, 4) is 0 Å². The van der Waals surface area contributed by atoms with Gasteiger partial charge >= 0.3 is 0 Å². The zero-order valence-corrected chi connectivity index (χ0v) is 22.5. The fourth-order valence-electron chi connectivity index (χ4n) is 5.46. The molecule has 1 aliphatic heterocycles. The van der Waals surface area contributed by atoms with E-state index in [1.165, 1.54) is 0 Å². The Morgan fingerprint density at radius 3 is 1.94 bits per heavy atom. The maximum absolute atomic E-state index is 4.80. The Balaban J connectivity index is 2.40. The predicted molar refractivity (Wildman–Crippen MR) is 142 cm³/mol. The largest absolute Gasteiger partial charge is 0.351 e. The van der Waals surface area contributed by atoms with Crippen LogP contribution in [0.4, 0.5) is 17.8 Å². The summed E-state index contributed by atoms with van der Waals surface area (Å²) in [4.78, 5) is 16.4. The molecule has 186 valence electrons. The van der Waals surface area contributed by atoms with Crippen LogP contribution in [-0.4, -0.2) is 50.7 Å². The van der Waals surface area contributed by atoms with Gasteiger partial charge in [0, 0.05) is 35.7 Å². The quantitative estimate of drug-likeness (QED) is 0.406. The van der Waals surface area contributed by atoms with Gasteiger partial charge in [-0.15, -0.1) is 13.2 Å². The highest BCUT2D eigenvalue weighted by Crippen LogP contribution is 2.32. The van der Waals surface area contributed by atoms with Gasteiger partial charge in [-0.05, 0) is 66.2 Å². The van der Waals surface area contributed by atoms with Crippen LogP contribution in [0.5, 0.6) is 0 Å². The highest BCUT2D eigenvalue weighted by Gasteiger charge is 2.38. The van der Waals surface area contributed by atoms with E-state index >= 15 is 0 Å². The maximum Gasteiger partial charge on any atom is 0.232 e. The van der Waals surface area contributed by atoms with E-state index < -0.39 is 0 Å². The Bertz CT molecular complexity index is 794. The minimum atomic E-state index is -0.172. The lowest BCUT2D eigenvalue weighted by Crippen LogP contribution is -2.60. The van der Waals surface area contributed by atoms with Crippen LogP contribution in [0.3, 0.4) is 0 Å². The minimum absolute atomic E-state index is 0.0305. The molecule has 0 aliphatic carbocycles. The molecule has 0 saturated carbocycles. The molecule has 7 nitrogen and oxygen atoms in total. The van der Waals surface area contributed by atoms with E-state index in [0.29, 0.717) is 30.9 Å². The highest BCUT2D eigenvalue weighted by atomic mass is 15.3. The summed E-state index contributed by atoms with van der Waals surface area (Å²) >= 11 is 0. The molecule has 0 aromatic carbocycles. The van der Waals surface area contributed by atoms with Crippen LogP contribution in [0.15, 0.2) is 25.3 Å². The third-order valence-corrected chi connectivity index (χ3v) is 5.55. The van der Waals surface area contributed by atoms with Crippen molar-refractivity contribution in [2.75, 3.05) is 28.6 Å². The van der Waals surface area contributed by atoms with Crippen molar-refractivity contribution in [1.29, 1.82) is 0 Å². The van der Waals surface area contributed by atoms with Gasteiger partial charge in [0.25, 0.3) is 0 Å². The molecule has 0 unspecified atom stereocenters. The number of hydrogen-bond acceptors (Lipinski definition) is 7. The number of hydrogen-bond donors (Lipinski definition) is 3. The van der Waals surface area contributed by atoms with Crippen molar-refractivity contribution < 1.29 is 0 Å². The molecule has 2 rings (SSSR count). The van der Waals surface area contributed by atoms with Gasteiger partial charge in [0.05, 0.1) is 0 Å². The van der Waals surface area contributed by atoms with E-state index in [1.54, 1.807) is 0 Å². The molecule has 33 heavy (non-hydrogen) atoms. The topological polar surface area (TPSA) is 78.0 Å². The standard InChI is InChI=1S/C26H47N7/c1-12-14-33(15-13-2)22-29-20(27-19-16-24(6,7)32-25(8,9)17-19)28-21(30-22)31-26(10,11)18-23(3,4)5/h12-13,19,32H,1-2,14-18H2,3-11H3,(H2,27,28,29,30,31). The van der Waals surface area contributed by atoms with Gasteiger partial charge in [-0.2, -0.15) is 15.0 Å². The number of aromatic nitrogens is 3. The predicted octanol–water partition coefficient (Wildman–Crippen LogP) is 5.40. The van der Waals surface area contributed by atoms with Gasteiger partial charge in [-0.1, -0.05) is 32.9 Å². The average Bonchev–Trinajstić information content (AvgIpc) is 2.55. The zero-order chi connectivity index (χ0) is 25.1. The van der Waals surface area contributed by atoms with Crippen LogP contribution >= 0.6 is 0 Å². The molecule has 1 aromatic rings. The zero-order valence-electron chi connectivity index (χ0n) is 22.5. The first-order chi connectivity index (χ1) is 15.0. The molecule has 0 spiro atoms. The summed E-state index contributed by atoms with van der Waals surface area (Å²) in [6.45, 7) is 29.2. The Kier molecular flexibility index (Phi) is 8.21. The van der Waals surface area contributed by atoms with Crippen molar-refractivity contribution in [1.82, 2.24) is 20.3 Å². The molecule has 2 heterocycles. The number of nitrogens with one attached hydrogen (secondary N) is 3. The van der Waals surface area contributed by atoms with E-state index in [-0.39, 0.29) is 28.1 Å². The molecule has 0 radical (unpaired) electrons. The molecule has 1 saturated heterocycles. The van der Waals surface area contributed by atoms with Gasteiger partial charge in [0.2, 0.25) is 17.8 Å². The van der Waals surface area contributed by atoms with Crippen LogP contribution in [0.1, 0.15) is 81.6 Å². The summed E-state index contributed by atoms with van der Waals surface area (Å²) in [5.74, 6) is 1.81. The molecule has 0 atom stereocenters. The molecule has 7 heteroatoms. The van der Waals surface area contributed by atoms with Crippen molar-refractivity contribution in [2.24, 2.45) is 5.41 Å². The normalized spacial score (nSPS) is 18.5. The van der Waals surface area contributed by atoms with Gasteiger partial charge in [0.1, 0.15) is 0 Å². The molecule has 0 bridgehead atoms. The maximum atomic E-state index is 4.80. The molecule has 1 fully saturated rings.